The minimum atomic E-state index is -3.90. The Bertz CT molecular complexity index is 1650. The number of amides is 2. The number of halogens is 1. The van der Waals surface area contributed by atoms with Crippen molar-refractivity contribution >= 4 is 39.1 Å². The van der Waals surface area contributed by atoms with Crippen molar-refractivity contribution in [2.75, 3.05) is 17.1 Å². The van der Waals surface area contributed by atoms with E-state index in [4.69, 9.17) is 16.3 Å². The molecule has 0 saturated heterocycles. The van der Waals surface area contributed by atoms with Gasteiger partial charge < -0.3 is 15.0 Å². The molecule has 0 unspecified atom stereocenters. The molecule has 10 heteroatoms. The third-order valence-electron chi connectivity index (χ3n) is 6.73. The fourth-order valence-electron chi connectivity index (χ4n) is 4.69. The lowest BCUT2D eigenvalue weighted by molar-refractivity contribution is -0.140. The number of benzene rings is 4. The predicted octanol–water partition coefficient (Wildman–Crippen LogP) is 6.06. The molecule has 0 heterocycles. The Hall–Kier alpha value is -4.34. The number of nitrogens with one attached hydrogen (secondary N) is 1. The van der Waals surface area contributed by atoms with Gasteiger partial charge in [0.15, 0.2) is 0 Å². The molecule has 44 heavy (non-hydrogen) atoms. The van der Waals surface area contributed by atoms with Gasteiger partial charge in [-0.2, -0.15) is 0 Å². The molecule has 1 N–H and O–H groups in total. The minimum absolute atomic E-state index is 0.0455. The summed E-state index contributed by atoms with van der Waals surface area (Å²) in [5.74, 6) is 0.263. The number of ether oxygens (including phenoxy) is 1. The van der Waals surface area contributed by atoms with Gasteiger partial charge in [-0.15, -0.1) is 0 Å². The van der Waals surface area contributed by atoms with E-state index in [9.17, 15) is 18.0 Å². The Balaban J connectivity index is 1.67. The minimum Gasteiger partial charge on any atom is -0.457 e. The lowest BCUT2D eigenvalue weighted by Gasteiger charge is -2.34. The van der Waals surface area contributed by atoms with E-state index in [1.54, 1.807) is 42.5 Å². The van der Waals surface area contributed by atoms with Gasteiger partial charge in [-0.1, -0.05) is 72.3 Å². The summed E-state index contributed by atoms with van der Waals surface area (Å²) < 4.78 is 32.9. The normalized spacial score (nSPS) is 11.9. The fraction of sp³-hybridized carbons (Fsp3) is 0.235. The summed E-state index contributed by atoms with van der Waals surface area (Å²) in [5, 5.41) is 3.42. The third-order valence-corrected chi connectivity index (χ3v) is 8.10. The Morgan fingerprint density at radius 3 is 2.00 bits per heavy atom. The highest BCUT2D eigenvalue weighted by atomic mass is 35.5. The topological polar surface area (TPSA) is 96.0 Å². The van der Waals surface area contributed by atoms with Gasteiger partial charge in [0, 0.05) is 24.0 Å². The lowest BCUT2D eigenvalue weighted by Crippen LogP contribution is -2.54. The number of carbonyl (C=O) groups excluding carboxylic acids is 2. The van der Waals surface area contributed by atoms with Crippen LogP contribution in [0.15, 0.2) is 109 Å². The lowest BCUT2D eigenvalue weighted by atomic mass is 10.0. The van der Waals surface area contributed by atoms with Crippen molar-refractivity contribution in [2.24, 2.45) is 0 Å². The molecule has 0 aliphatic carbocycles. The highest BCUT2D eigenvalue weighted by Gasteiger charge is 2.33. The Kier molecular flexibility index (Phi) is 11.0. The van der Waals surface area contributed by atoms with Crippen molar-refractivity contribution in [3.63, 3.8) is 0 Å². The van der Waals surface area contributed by atoms with Crippen LogP contribution in [-0.4, -0.2) is 50.0 Å². The monoisotopic (exact) mass is 633 g/mol. The smallest absolute Gasteiger partial charge is 0.244 e. The molecule has 0 radical (unpaired) electrons. The first kappa shape index (κ1) is 32.6. The van der Waals surface area contributed by atoms with Crippen LogP contribution in [0.1, 0.15) is 25.0 Å². The van der Waals surface area contributed by atoms with Crippen LogP contribution in [0.4, 0.5) is 5.69 Å². The molecule has 0 spiro atoms. The zero-order valence-corrected chi connectivity index (χ0v) is 26.5. The largest absolute Gasteiger partial charge is 0.457 e. The van der Waals surface area contributed by atoms with Gasteiger partial charge >= 0.3 is 0 Å². The van der Waals surface area contributed by atoms with Crippen LogP contribution in [0.3, 0.4) is 0 Å². The van der Waals surface area contributed by atoms with Gasteiger partial charge in [0.2, 0.25) is 21.8 Å². The van der Waals surface area contributed by atoms with Crippen molar-refractivity contribution in [2.45, 2.75) is 38.9 Å². The van der Waals surface area contributed by atoms with E-state index in [0.717, 1.165) is 16.1 Å². The molecular formula is C34H36ClN3O5S. The quantitative estimate of drug-likeness (QED) is 0.193. The van der Waals surface area contributed by atoms with Crippen LogP contribution in [0.2, 0.25) is 5.02 Å². The molecule has 0 fully saturated rings. The van der Waals surface area contributed by atoms with Crippen molar-refractivity contribution in [3.8, 4) is 11.5 Å². The third kappa shape index (κ3) is 9.33. The van der Waals surface area contributed by atoms with E-state index in [1.807, 2.05) is 80.6 Å². The second-order valence-electron chi connectivity index (χ2n) is 10.7. The van der Waals surface area contributed by atoms with Gasteiger partial charge in [-0.3, -0.25) is 13.9 Å². The van der Waals surface area contributed by atoms with Crippen LogP contribution >= 0.6 is 11.6 Å². The molecule has 1 atom stereocenters. The van der Waals surface area contributed by atoms with Gasteiger partial charge in [0.1, 0.15) is 24.1 Å². The molecule has 4 aromatic rings. The molecule has 8 nitrogen and oxygen atoms in total. The van der Waals surface area contributed by atoms with Gasteiger partial charge in [0.25, 0.3) is 0 Å². The van der Waals surface area contributed by atoms with E-state index in [-0.39, 0.29) is 30.6 Å². The molecule has 4 rings (SSSR count). The van der Waals surface area contributed by atoms with Crippen LogP contribution < -0.4 is 14.4 Å². The Morgan fingerprint density at radius 2 is 1.41 bits per heavy atom. The average molecular weight is 634 g/mol. The van der Waals surface area contributed by atoms with E-state index in [1.165, 1.54) is 4.90 Å². The van der Waals surface area contributed by atoms with Gasteiger partial charge in [-0.05, 0) is 73.5 Å². The zero-order chi connectivity index (χ0) is 31.7. The van der Waals surface area contributed by atoms with Gasteiger partial charge in [-0.25, -0.2) is 8.42 Å². The molecule has 0 aliphatic heterocycles. The van der Waals surface area contributed by atoms with Crippen molar-refractivity contribution in [1.82, 2.24) is 10.2 Å². The number of para-hydroxylation sites is 1. The summed E-state index contributed by atoms with van der Waals surface area (Å²) in [6.07, 6.45) is 1.28. The number of carbonyl (C=O) groups is 2. The maximum absolute atomic E-state index is 14.2. The maximum atomic E-state index is 14.2. The Labute approximate surface area is 264 Å². The summed E-state index contributed by atoms with van der Waals surface area (Å²) >= 11 is 6.26. The molecule has 230 valence electrons. The second kappa shape index (κ2) is 14.9. The summed E-state index contributed by atoms with van der Waals surface area (Å²) in [4.78, 5) is 29.2. The van der Waals surface area contributed by atoms with Gasteiger partial charge in [0.05, 0.1) is 11.9 Å². The van der Waals surface area contributed by atoms with Crippen molar-refractivity contribution in [1.29, 1.82) is 0 Å². The summed E-state index contributed by atoms with van der Waals surface area (Å²) in [6.45, 7) is 3.22. The standard InChI is InChI=1S/C34H36ClN3O5S/c1-25(2)36-34(40)32(22-26-11-6-4-7-12-26)37(23-27-13-10-14-28(35)21-27)33(39)24-38(44(3,41)42)29-17-19-31(20-18-29)43-30-15-8-5-9-16-30/h4-21,25,32H,22-24H2,1-3H3,(H,36,40)/t32-/m1/s1. The zero-order valence-electron chi connectivity index (χ0n) is 24.9. The Morgan fingerprint density at radius 1 is 0.818 bits per heavy atom. The highest BCUT2D eigenvalue weighted by Crippen LogP contribution is 2.26. The summed E-state index contributed by atoms with van der Waals surface area (Å²) in [6, 6.07) is 31.0. The number of hydrogen-bond acceptors (Lipinski definition) is 5. The van der Waals surface area contributed by atoms with E-state index >= 15 is 0 Å². The first-order valence-electron chi connectivity index (χ1n) is 14.2. The molecule has 0 aromatic heterocycles. The first-order valence-corrected chi connectivity index (χ1v) is 16.4. The van der Waals surface area contributed by atoms with E-state index < -0.39 is 28.5 Å². The molecule has 0 saturated carbocycles. The molecular weight excluding hydrogens is 598 g/mol. The van der Waals surface area contributed by atoms with Crippen molar-refractivity contribution < 1.29 is 22.7 Å². The SMILES string of the molecule is CC(C)NC(=O)[C@@H](Cc1ccccc1)N(Cc1cccc(Cl)c1)C(=O)CN(c1ccc(Oc2ccccc2)cc1)S(C)(=O)=O. The number of rotatable bonds is 13. The summed E-state index contributed by atoms with van der Waals surface area (Å²) in [7, 11) is -3.90. The molecule has 4 aromatic carbocycles. The summed E-state index contributed by atoms with van der Waals surface area (Å²) in [5.41, 5.74) is 1.85. The van der Waals surface area contributed by atoms with Crippen LogP contribution in [0.5, 0.6) is 11.5 Å². The number of nitrogens with zero attached hydrogens (tertiary/aromatic N) is 2. The average Bonchev–Trinajstić information content (AvgIpc) is 2.98. The highest BCUT2D eigenvalue weighted by molar-refractivity contribution is 7.92. The second-order valence-corrected chi connectivity index (χ2v) is 13.0. The molecule has 0 bridgehead atoms. The molecule has 0 aliphatic rings. The fourth-order valence-corrected chi connectivity index (χ4v) is 5.75. The van der Waals surface area contributed by atoms with Crippen LogP contribution in [-0.2, 0) is 32.6 Å². The van der Waals surface area contributed by atoms with Crippen LogP contribution in [0, 0.1) is 0 Å². The van der Waals surface area contributed by atoms with E-state index in [0.29, 0.717) is 22.1 Å². The van der Waals surface area contributed by atoms with Crippen LogP contribution in [0.25, 0.3) is 0 Å². The number of hydrogen-bond donors (Lipinski definition) is 1. The number of anilines is 1. The predicted molar refractivity (Wildman–Crippen MR) is 174 cm³/mol. The number of sulfonamides is 1. The maximum Gasteiger partial charge on any atom is 0.244 e. The first-order chi connectivity index (χ1) is 21.0. The van der Waals surface area contributed by atoms with E-state index in [2.05, 4.69) is 5.32 Å². The van der Waals surface area contributed by atoms with Crippen molar-refractivity contribution in [3.05, 3.63) is 125 Å². The molecule has 2 amide bonds.